The largest absolute Gasteiger partial charge is 0.435 e. The number of halogens is 8. The Morgan fingerprint density at radius 2 is 1.35 bits per heavy atom. The van der Waals surface area contributed by atoms with E-state index in [1.807, 2.05) is 0 Å². The first-order valence-electron chi connectivity index (χ1n) is 11.1. The van der Waals surface area contributed by atoms with Gasteiger partial charge >= 0.3 is 18.0 Å². The van der Waals surface area contributed by atoms with Gasteiger partial charge in [-0.15, -0.1) is 0 Å². The van der Waals surface area contributed by atoms with Crippen molar-refractivity contribution < 1.29 is 53.4 Å². The number of benzene rings is 2. The van der Waals surface area contributed by atoms with Gasteiger partial charge in [0.05, 0.1) is 4.90 Å². The van der Waals surface area contributed by atoms with E-state index >= 15 is 0 Å². The van der Waals surface area contributed by atoms with Crippen LogP contribution in [-0.4, -0.2) is 38.3 Å². The Balaban J connectivity index is 2.11. The lowest BCUT2D eigenvalue weighted by molar-refractivity contribution is -0.348. The summed E-state index contributed by atoms with van der Waals surface area (Å²) < 4.78 is 133. The molecule has 4 nitrogen and oxygen atoms in total. The highest BCUT2D eigenvalue weighted by Gasteiger charge is 2.73. The average Bonchev–Trinajstić information content (AvgIpc) is 2.83. The van der Waals surface area contributed by atoms with E-state index in [9.17, 15) is 48.3 Å². The lowest BCUT2D eigenvalue weighted by atomic mass is 9.76. The van der Waals surface area contributed by atoms with Gasteiger partial charge in [-0.25, -0.2) is 17.2 Å². The first kappa shape index (κ1) is 29.0. The zero-order chi connectivity index (χ0) is 27.9. The van der Waals surface area contributed by atoms with Crippen LogP contribution in [0.2, 0.25) is 0 Å². The third-order valence-electron chi connectivity index (χ3n) is 6.83. The van der Waals surface area contributed by atoms with Crippen LogP contribution in [0.15, 0.2) is 53.4 Å². The maximum absolute atomic E-state index is 14.5. The van der Waals surface area contributed by atoms with Crippen molar-refractivity contribution in [2.75, 3.05) is 6.61 Å². The van der Waals surface area contributed by atoms with Gasteiger partial charge in [-0.2, -0.15) is 26.3 Å². The second-order valence-electron chi connectivity index (χ2n) is 9.03. The highest BCUT2D eigenvalue weighted by molar-refractivity contribution is 7.92. The summed E-state index contributed by atoms with van der Waals surface area (Å²) in [5.41, 5.74) is -7.60. The molecular formula is C24H22F8O4S. The molecule has 0 heterocycles. The molecular weight excluding hydrogens is 536 g/mol. The number of rotatable bonds is 7. The second kappa shape index (κ2) is 9.97. The molecule has 0 bridgehead atoms. The molecule has 13 heteroatoms. The van der Waals surface area contributed by atoms with Crippen molar-refractivity contribution >= 4 is 15.6 Å². The molecule has 0 aliphatic heterocycles. The summed E-state index contributed by atoms with van der Waals surface area (Å²) in [6.07, 6.45) is -12.8. The van der Waals surface area contributed by atoms with Crippen molar-refractivity contribution in [1.29, 1.82) is 0 Å². The van der Waals surface area contributed by atoms with Gasteiger partial charge in [0.2, 0.25) is 0 Å². The van der Waals surface area contributed by atoms with Crippen LogP contribution in [0.25, 0.3) is 0 Å². The highest BCUT2D eigenvalue weighted by Crippen LogP contribution is 2.54. The van der Waals surface area contributed by atoms with Gasteiger partial charge in [-0.3, -0.25) is 4.79 Å². The lowest BCUT2D eigenvalue weighted by Crippen LogP contribution is -2.50. The molecule has 0 radical (unpaired) electrons. The van der Waals surface area contributed by atoms with Gasteiger partial charge in [0.1, 0.15) is 17.2 Å². The smallest absolute Gasteiger partial charge is 0.389 e. The molecule has 1 aliphatic rings. The molecule has 0 unspecified atom stereocenters. The van der Waals surface area contributed by atoms with Crippen LogP contribution in [0.4, 0.5) is 35.1 Å². The minimum absolute atomic E-state index is 0.0380. The normalized spacial score (nSPS) is 21.6. The van der Waals surface area contributed by atoms with Gasteiger partial charge in [0.15, 0.2) is 15.6 Å². The molecule has 1 aliphatic carbocycles. The van der Waals surface area contributed by atoms with Crippen molar-refractivity contribution in [2.45, 2.75) is 59.8 Å². The molecule has 0 saturated heterocycles. The summed E-state index contributed by atoms with van der Waals surface area (Å²) in [6.45, 7) is -0.708. The van der Waals surface area contributed by atoms with E-state index in [0.29, 0.717) is 0 Å². The fraction of sp³-hybridized carbons (Fsp3) is 0.458. The van der Waals surface area contributed by atoms with E-state index in [-0.39, 0.29) is 60.6 Å². The van der Waals surface area contributed by atoms with Crippen molar-refractivity contribution in [2.24, 2.45) is 5.92 Å². The van der Waals surface area contributed by atoms with E-state index in [0.717, 1.165) is 36.4 Å². The molecule has 0 amide bonds. The van der Waals surface area contributed by atoms with Crippen LogP contribution in [0.3, 0.4) is 0 Å². The third-order valence-corrected chi connectivity index (χ3v) is 9.40. The van der Waals surface area contributed by atoms with Gasteiger partial charge in [0, 0.05) is 12.0 Å². The molecule has 3 rings (SSSR count). The summed E-state index contributed by atoms with van der Waals surface area (Å²) in [4.78, 5) is 11.3. The predicted octanol–water partition coefficient (Wildman–Crippen LogP) is 5.93. The van der Waals surface area contributed by atoms with Gasteiger partial charge in [-0.05, 0) is 61.4 Å². The topological polar surface area (TPSA) is 71.4 Å². The molecule has 0 aromatic heterocycles. The Morgan fingerprint density at radius 3 is 1.78 bits per heavy atom. The molecule has 1 fully saturated rings. The van der Waals surface area contributed by atoms with Crippen LogP contribution < -0.4 is 0 Å². The van der Waals surface area contributed by atoms with Crippen LogP contribution in [0, 0.1) is 11.7 Å². The van der Waals surface area contributed by atoms with Crippen molar-refractivity contribution in [3.8, 4) is 0 Å². The number of hydrogen-bond acceptors (Lipinski definition) is 4. The zero-order valence-electron chi connectivity index (χ0n) is 19.0. The zero-order valence-corrected chi connectivity index (χ0v) is 19.9. The Bertz CT molecular complexity index is 1200. The molecule has 1 N–H and O–H groups in total. The van der Waals surface area contributed by atoms with E-state index < -0.39 is 56.4 Å². The SMILES string of the molecule is O=C(CO)CC1CCC(c2ccc(C(F)(C(F)(F)F)C(F)(F)F)cc2)(S(=O)(=O)c2ccc(F)cc2)CC1. The second-order valence-corrected chi connectivity index (χ2v) is 11.3. The maximum atomic E-state index is 14.5. The number of hydrogen-bond donors (Lipinski definition) is 1. The summed E-state index contributed by atoms with van der Waals surface area (Å²) in [7, 11) is -4.40. The number of carbonyl (C=O) groups excluding carboxylic acids is 1. The fourth-order valence-electron chi connectivity index (χ4n) is 4.78. The Hall–Kier alpha value is -2.54. The molecule has 2 aromatic rings. The van der Waals surface area contributed by atoms with E-state index in [4.69, 9.17) is 5.11 Å². The molecule has 1 saturated carbocycles. The van der Waals surface area contributed by atoms with Crippen LogP contribution in [0.5, 0.6) is 0 Å². The minimum atomic E-state index is -6.33. The molecule has 37 heavy (non-hydrogen) atoms. The quantitative estimate of drug-likeness (QED) is 0.338. The predicted molar refractivity (Wildman–Crippen MR) is 115 cm³/mol. The summed E-state index contributed by atoms with van der Waals surface area (Å²) >= 11 is 0. The fourth-order valence-corrected chi connectivity index (χ4v) is 6.94. The number of alkyl halides is 7. The van der Waals surface area contributed by atoms with Crippen LogP contribution >= 0.6 is 0 Å². The highest BCUT2D eigenvalue weighted by atomic mass is 32.2. The molecule has 0 atom stereocenters. The number of ketones is 1. The van der Waals surface area contributed by atoms with Gasteiger partial charge in [-0.1, -0.05) is 24.3 Å². The molecule has 204 valence electrons. The van der Waals surface area contributed by atoms with E-state index in [1.165, 1.54) is 0 Å². The number of carbonyl (C=O) groups is 1. The van der Waals surface area contributed by atoms with Crippen molar-refractivity contribution in [3.63, 3.8) is 0 Å². The first-order chi connectivity index (χ1) is 17.0. The standard InChI is InChI=1S/C24H22F8O4S/c25-18-5-7-20(8-6-18)37(35,36)21(11-9-15(10-12-21)13-19(34)14-33)16-1-3-17(4-2-16)22(26,23(27,28)29)24(30,31)32/h1-8,15,33H,9-14H2. The lowest BCUT2D eigenvalue weighted by Gasteiger charge is -2.40. The van der Waals surface area contributed by atoms with Gasteiger partial charge < -0.3 is 5.11 Å². The minimum Gasteiger partial charge on any atom is -0.389 e. The molecule has 0 spiro atoms. The number of aliphatic hydroxyl groups excluding tert-OH is 1. The van der Waals surface area contributed by atoms with E-state index in [2.05, 4.69) is 0 Å². The van der Waals surface area contributed by atoms with Crippen molar-refractivity contribution in [1.82, 2.24) is 0 Å². The monoisotopic (exact) mass is 558 g/mol. The first-order valence-corrected chi connectivity index (χ1v) is 12.5. The van der Waals surface area contributed by atoms with Gasteiger partial charge in [0.25, 0.3) is 0 Å². The average molecular weight is 558 g/mol. The van der Waals surface area contributed by atoms with Crippen LogP contribution in [-0.2, 0) is 25.0 Å². The molecule has 2 aromatic carbocycles. The van der Waals surface area contributed by atoms with E-state index in [1.54, 1.807) is 0 Å². The number of Topliss-reactive ketones (excluding diaryl/α,β-unsaturated/α-hetero) is 1. The Morgan fingerprint density at radius 1 is 0.865 bits per heavy atom. The Kier molecular flexibility index (Phi) is 7.82. The summed E-state index contributed by atoms with van der Waals surface area (Å²) in [6, 6.07) is 5.73. The maximum Gasteiger partial charge on any atom is 0.435 e. The number of aliphatic hydroxyl groups is 1. The Labute approximate surface area is 207 Å². The number of sulfone groups is 1. The van der Waals surface area contributed by atoms with Crippen LogP contribution in [0.1, 0.15) is 43.2 Å². The third kappa shape index (κ3) is 5.12. The summed E-state index contributed by atoms with van der Waals surface area (Å²) in [5.74, 6) is -1.52. The summed E-state index contributed by atoms with van der Waals surface area (Å²) in [5, 5.41) is 8.99. The van der Waals surface area contributed by atoms with Crippen molar-refractivity contribution in [3.05, 3.63) is 65.5 Å².